The molecule has 1 aromatic heterocycles. The average molecular weight is 377 g/mol. The topological polar surface area (TPSA) is 28.4 Å². The molecule has 0 spiro atoms. The molecular formula is C25H32N2O. The Morgan fingerprint density at radius 3 is 2.39 bits per heavy atom. The van der Waals surface area contributed by atoms with Crippen molar-refractivity contribution in [1.82, 2.24) is 9.47 Å². The summed E-state index contributed by atoms with van der Waals surface area (Å²) in [7, 11) is 0. The lowest BCUT2D eigenvalue weighted by Gasteiger charge is -2.39. The first-order valence-electron chi connectivity index (χ1n) is 10.6. The maximum Gasteiger partial charge on any atom is 0.0712 e. The minimum absolute atomic E-state index is 0.547. The van der Waals surface area contributed by atoms with Gasteiger partial charge in [0.05, 0.1) is 5.60 Å². The molecular weight excluding hydrogens is 344 g/mol. The van der Waals surface area contributed by atoms with Gasteiger partial charge in [0.1, 0.15) is 0 Å². The number of fused-ring (bicyclic) bond motifs is 1. The molecule has 1 atom stereocenters. The SMILES string of the molecule is Cc1cn(CC(C)CN2CCC(O)(Cc3ccccc3)CC2)c2ccccc12. The molecule has 1 aliphatic heterocycles. The maximum absolute atomic E-state index is 11.0. The lowest BCUT2D eigenvalue weighted by atomic mass is 9.85. The molecule has 3 heteroatoms. The highest BCUT2D eigenvalue weighted by molar-refractivity contribution is 5.83. The number of hydrogen-bond donors (Lipinski definition) is 1. The van der Waals surface area contributed by atoms with Crippen LogP contribution in [0, 0.1) is 12.8 Å². The summed E-state index contributed by atoms with van der Waals surface area (Å²) in [5, 5.41) is 12.4. The van der Waals surface area contributed by atoms with E-state index in [1.807, 2.05) is 6.07 Å². The Kier molecular flexibility index (Phi) is 5.56. The normalized spacial score (nSPS) is 18.4. The van der Waals surface area contributed by atoms with Crippen molar-refractivity contribution in [2.24, 2.45) is 5.92 Å². The number of likely N-dealkylation sites (tertiary alicyclic amines) is 1. The fourth-order valence-corrected chi connectivity index (χ4v) is 4.72. The standard InChI is InChI=1S/C25H32N2O/c1-20(18-27-19-21(2)23-10-6-7-11-24(23)27)17-26-14-12-25(28,13-15-26)16-22-8-4-3-5-9-22/h3-11,19-20,28H,12-18H2,1-2H3. The van der Waals surface area contributed by atoms with E-state index in [9.17, 15) is 5.11 Å². The largest absolute Gasteiger partial charge is 0.389 e. The summed E-state index contributed by atoms with van der Waals surface area (Å²) in [6.45, 7) is 8.64. The lowest BCUT2D eigenvalue weighted by Crippen LogP contribution is -2.47. The first-order chi connectivity index (χ1) is 13.5. The van der Waals surface area contributed by atoms with Crippen molar-refractivity contribution < 1.29 is 5.11 Å². The van der Waals surface area contributed by atoms with Gasteiger partial charge in [0.2, 0.25) is 0 Å². The molecule has 4 rings (SSSR count). The van der Waals surface area contributed by atoms with Crippen LogP contribution in [0.2, 0.25) is 0 Å². The highest BCUT2D eigenvalue weighted by Crippen LogP contribution is 2.27. The number of para-hydroxylation sites is 1. The van der Waals surface area contributed by atoms with Crippen LogP contribution in [-0.4, -0.2) is 39.8 Å². The zero-order valence-corrected chi connectivity index (χ0v) is 17.1. The summed E-state index contributed by atoms with van der Waals surface area (Å²) in [5.41, 5.74) is 3.38. The van der Waals surface area contributed by atoms with E-state index in [-0.39, 0.29) is 0 Å². The van der Waals surface area contributed by atoms with E-state index >= 15 is 0 Å². The predicted octanol–water partition coefficient (Wildman–Crippen LogP) is 4.66. The Hall–Kier alpha value is -2.10. The third-order valence-electron chi connectivity index (χ3n) is 6.23. The van der Waals surface area contributed by atoms with Gasteiger partial charge >= 0.3 is 0 Å². The molecule has 3 aromatic rings. The van der Waals surface area contributed by atoms with Crippen LogP contribution in [0.5, 0.6) is 0 Å². The van der Waals surface area contributed by atoms with Crippen molar-refractivity contribution in [3.63, 3.8) is 0 Å². The van der Waals surface area contributed by atoms with E-state index < -0.39 is 5.60 Å². The Bertz CT molecular complexity index is 907. The second-order valence-electron chi connectivity index (χ2n) is 8.77. The van der Waals surface area contributed by atoms with Crippen molar-refractivity contribution in [1.29, 1.82) is 0 Å². The lowest BCUT2D eigenvalue weighted by molar-refractivity contribution is -0.0235. The second kappa shape index (κ2) is 8.10. The first kappa shape index (κ1) is 19.2. The van der Waals surface area contributed by atoms with E-state index in [1.165, 1.54) is 22.0 Å². The summed E-state index contributed by atoms with van der Waals surface area (Å²) in [6, 6.07) is 19.1. The number of benzene rings is 2. The van der Waals surface area contributed by atoms with Crippen LogP contribution in [0.4, 0.5) is 0 Å². The number of aromatic nitrogens is 1. The molecule has 28 heavy (non-hydrogen) atoms. The fraction of sp³-hybridized carbons (Fsp3) is 0.440. The molecule has 1 saturated heterocycles. The third kappa shape index (κ3) is 4.31. The Morgan fingerprint density at radius 1 is 0.964 bits per heavy atom. The van der Waals surface area contributed by atoms with Crippen molar-refractivity contribution in [3.8, 4) is 0 Å². The molecule has 148 valence electrons. The van der Waals surface area contributed by atoms with Gasteiger partial charge in [0.15, 0.2) is 0 Å². The van der Waals surface area contributed by atoms with Gasteiger partial charge in [0, 0.05) is 49.7 Å². The average Bonchev–Trinajstić information content (AvgIpc) is 3.00. The summed E-state index contributed by atoms with van der Waals surface area (Å²) in [4.78, 5) is 2.53. The van der Waals surface area contributed by atoms with Crippen molar-refractivity contribution in [2.45, 2.75) is 45.3 Å². The quantitative estimate of drug-likeness (QED) is 0.678. The van der Waals surface area contributed by atoms with Crippen LogP contribution in [0.3, 0.4) is 0 Å². The van der Waals surface area contributed by atoms with Gasteiger partial charge in [-0.1, -0.05) is 55.5 Å². The summed E-state index contributed by atoms with van der Waals surface area (Å²) >= 11 is 0. The van der Waals surface area contributed by atoms with Gasteiger partial charge in [-0.2, -0.15) is 0 Å². The highest BCUT2D eigenvalue weighted by atomic mass is 16.3. The maximum atomic E-state index is 11.0. The van der Waals surface area contributed by atoms with Crippen LogP contribution >= 0.6 is 0 Å². The van der Waals surface area contributed by atoms with Crippen molar-refractivity contribution in [2.75, 3.05) is 19.6 Å². The zero-order chi connectivity index (χ0) is 19.6. The molecule has 2 aromatic carbocycles. The van der Waals surface area contributed by atoms with E-state index in [0.717, 1.165) is 45.4 Å². The van der Waals surface area contributed by atoms with Gasteiger partial charge in [-0.3, -0.25) is 0 Å². The van der Waals surface area contributed by atoms with Gasteiger partial charge in [-0.25, -0.2) is 0 Å². The Balaban J connectivity index is 1.32. The smallest absolute Gasteiger partial charge is 0.0712 e. The second-order valence-corrected chi connectivity index (χ2v) is 8.77. The van der Waals surface area contributed by atoms with Crippen LogP contribution in [-0.2, 0) is 13.0 Å². The number of piperidine rings is 1. The molecule has 1 aliphatic rings. The Morgan fingerprint density at radius 2 is 1.64 bits per heavy atom. The number of rotatable bonds is 6. The van der Waals surface area contributed by atoms with Crippen LogP contribution in [0.25, 0.3) is 10.9 Å². The fourth-order valence-electron chi connectivity index (χ4n) is 4.72. The van der Waals surface area contributed by atoms with Crippen molar-refractivity contribution in [3.05, 3.63) is 71.9 Å². The van der Waals surface area contributed by atoms with Crippen LogP contribution in [0.15, 0.2) is 60.8 Å². The highest BCUT2D eigenvalue weighted by Gasteiger charge is 2.32. The molecule has 2 heterocycles. The Labute approximate surface area is 168 Å². The molecule has 0 saturated carbocycles. The predicted molar refractivity (Wildman–Crippen MR) is 117 cm³/mol. The van der Waals surface area contributed by atoms with Gasteiger partial charge in [-0.15, -0.1) is 0 Å². The van der Waals surface area contributed by atoms with Crippen molar-refractivity contribution >= 4 is 10.9 Å². The third-order valence-corrected chi connectivity index (χ3v) is 6.23. The molecule has 1 fully saturated rings. The van der Waals surface area contributed by atoms with E-state index in [0.29, 0.717) is 5.92 Å². The number of aliphatic hydroxyl groups is 1. The summed E-state index contributed by atoms with van der Waals surface area (Å²) in [5.74, 6) is 0.579. The minimum atomic E-state index is -0.547. The van der Waals surface area contributed by atoms with Crippen LogP contribution in [0.1, 0.15) is 30.9 Å². The zero-order valence-electron chi connectivity index (χ0n) is 17.1. The molecule has 1 unspecified atom stereocenters. The number of nitrogens with zero attached hydrogens (tertiary/aromatic N) is 2. The molecule has 3 nitrogen and oxygen atoms in total. The van der Waals surface area contributed by atoms with Gasteiger partial charge < -0.3 is 14.6 Å². The minimum Gasteiger partial charge on any atom is -0.389 e. The summed E-state index contributed by atoms with van der Waals surface area (Å²) < 4.78 is 2.41. The summed E-state index contributed by atoms with van der Waals surface area (Å²) in [6.07, 6.45) is 4.78. The van der Waals surface area contributed by atoms with Crippen LogP contribution < -0.4 is 0 Å². The first-order valence-corrected chi connectivity index (χ1v) is 10.6. The molecule has 0 aliphatic carbocycles. The molecule has 0 radical (unpaired) electrons. The van der Waals surface area contributed by atoms with E-state index in [2.05, 4.69) is 78.0 Å². The molecule has 1 N–H and O–H groups in total. The number of aryl methyl sites for hydroxylation is 1. The monoisotopic (exact) mass is 376 g/mol. The van der Waals surface area contributed by atoms with E-state index in [4.69, 9.17) is 0 Å². The number of hydrogen-bond acceptors (Lipinski definition) is 2. The molecule has 0 bridgehead atoms. The van der Waals surface area contributed by atoms with Gasteiger partial charge in [-0.05, 0) is 42.9 Å². The molecule has 0 amide bonds. The van der Waals surface area contributed by atoms with E-state index in [1.54, 1.807) is 0 Å². The van der Waals surface area contributed by atoms with Gasteiger partial charge in [0.25, 0.3) is 0 Å².